The molecule has 0 aromatic heterocycles. The Morgan fingerprint density at radius 1 is 0.966 bits per heavy atom. The number of carbonyl (C=O) groups excluding carboxylic acids is 1. The van der Waals surface area contributed by atoms with Gasteiger partial charge in [0.15, 0.2) is 5.78 Å². The Bertz CT molecular complexity index is 626. The van der Waals surface area contributed by atoms with Crippen molar-refractivity contribution in [3.05, 3.63) is 0 Å². The summed E-state index contributed by atoms with van der Waals surface area (Å²) in [7, 11) is 0. The second-order valence-corrected chi connectivity index (χ2v) is 12.5. The number of aliphatic hydroxyl groups is 1. The first-order chi connectivity index (χ1) is 13.6. The lowest BCUT2D eigenvalue weighted by Gasteiger charge is -2.62. The molecule has 0 aromatic rings. The maximum absolute atomic E-state index is 13.3. The van der Waals surface area contributed by atoms with Gasteiger partial charge < -0.3 is 5.11 Å². The SMILES string of the molecule is CC(C)CCC[C@@H](C)C1CCC2C3CC(=O)C4(O)CCCCC4(C)C3CCC21C. The summed E-state index contributed by atoms with van der Waals surface area (Å²) in [6.45, 7) is 12.1. The normalized spacial score (nSPS) is 48.2. The van der Waals surface area contributed by atoms with Crippen LogP contribution in [0, 0.1) is 46.3 Å². The largest absolute Gasteiger partial charge is 0.381 e. The molecule has 0 saturated heterocycles. The van der Waals surface area contributed by atoms with E-state index in [0.717, 1.165) is 30.6 Å². The summed E-state index contributed by atoms with van der Waals surface area (Å²) in [6.07, 6.45) is 14.0. The molecule has 7 unspecified atom stereocenters. The van der Waals surface area contributed by atoms with E-state index >= 15 is 0 Å². The maximum Gasteiger partial charge on any atom is 0.165 e. The summed E-state index contributed by atoms with van der Waals surface area (Å²) in [4.78, 5) is 13.3. The number of Topliss-reactive ketones (excluding diaryl/α,β-unsaturated/α-hetero) is 1. The van der Waals surface area contributed by atoms with Crippen LogP contribution in [-0.4, -0.2) is 16.5 Å². The predicted octanol–water partition coefficient (Wildman–Crippen LogP) is 6.79. The Balaban J connectivity index is 1.53. The molecule has 4 fully saturated rings. The molecule has 1 N–H and O–H groups in total. The number of ketones is 1. The molecule has 2 nitrogen and oxygen atoms in total. The van der Waals surface area contributed by atoms with Gasteiger partial charge in [-0.2, -0.15) is 0 Å². The molecule has 4 rings (SSSR count). The van der Waals surface area contributed by atoms with Gasteiger partial charge >= 0.3 is 0 Å². The predicted molar refractivity (Wildman–Crippen MR) is 120 cm³/mol. The lowest BCUT2D eigenvalue weighted by atomic mass is 9.43. The third-order valence-corrected chi connectivity index (χ3v) is 10.8. The Hall–Kier alpha value is -0.370. The highest BCUT2D eigenvalue weighted by molar-refractivity contribution is 5.89. The maximum atomic E-state index is 13.3. The molecule has 8 atom stereocenters. The van der Waals surface area contributed by atoms with Crippen LogP contribution in [0.1, 0.15) is 112 Å². The van der Waals surface area contributed by atoms with E-state index in [9.17, 15) is 9.90 Å². The van der Waals surface area contributed by atoms with Crippen LogP contribution < -0.4 is 0 Å². The summed E-state index contributed by atoms with van der Waals surface area (Å²) in [6, 6.07) is 0. The van der Waals surface area contributed by atoms with Crippen molar-refractivity contribution in [2.75, 3.05) is 0 Å². The highest BCUT2D eigenvalue weighted by Gasteiger charge is 2.66. The third kappa shape index (κ3) is 3.26. The van der Waals surface area contributed by atoms with Crippen molar-refractivity contribution in [3.63, 3.8) is 0 Å². The molecule has 29 heavy (non-hydrogen) atoms. The lowest BCUT2D eigenvalue weighted by molar-refractivity contribution is -0.203. The first kappa shape index (κ1) is 21.8. The molecule has 0 amide bonds. The summed E-state index contributed by atoms with van der Waals surface area (Å²) >= 11 is 0. The first-order valence-corrected chi connectivity index (χ1v) is 12.9. The van der Waals surface area contributed by atoms with E-state index in [2.05, 4.69) is 34.6 Å². The smallest absolute Gasteiger partial charge is 0.165 e. The Labute approximate surface area is 179 Å². The molecule has 166 valence electrons. The highest BCUT2D eigenvalue weighted by atomic mass is 16.3. The topological polar surface area (TPSA) is 37.3 Å². The van der Waals surface area contributed by atoms with Crippen LogP contribution >= 0.6 is 0 Å². The van der Waals surface area contributed by atoms with Crippen LogP contribution in [0.25, 0.3) is 0 Å². The summed E-state index contributed by atoms with van der Waals surface area (Å²) < 4.78 is 0. The van der Waals surface area contributed by atoms with Crippen LogP contribution in [0.5, 0.6) is 0 Å². The Morgan fingerprint density at radius 3 is 2.41 bits per heavy atom. The van der Waals surface area contributed by atoms with Gasteiger partial charge in [-0.1, -0.05) is 66.7 Å². The van der Waals surface area contributed by atoms with E-state index in [0.29, 0.717) is 36.0 Å². The minimum Gasteiger partial charge on any atom is -0.381 e. The van der Waals surface area contributed by atoms with Gasteiger partial charge in [0.1, 0.15) is 5.60 Å². The number of rotatable bonds is 5. The molecule has 4 aliphatic carbocycles. The minimum absolute atomic E-state index is 0.173. The fourth-order valence-corrected chi connectivity index (χ4v) is 9.09. The standard InChI is InChI=1S/C27H46O2/c1-18(2)9-8-10-19(3)21-11-12-22-20-17-24(28)27(29)15-7-6-14-26(27,5)23(20)13-16-25(21,22)4/h18-23,29H,6-17H2,1-5H3/t19-,20?,21?,22?,23?,25?,26?,27?/m1/s1. The van der Waals surface area contributed by atoms with Gasteiger partial charge in [-0.05, 0) is 79.4 Å². The second-order valence-electron chi connectivity index (χ2n) is 12.5. The molecule has 0 bridgehead atoms. The van der Waals surface area contributed by atoms with Crippen molar-refractivity contribution in [2.45, 2.75) is 117 Å². The van der Waals surface area contributed by atoms with Crippen molar-refractivity contribution in [1.82, 2.24) is 0 Å². The van der Waals surface area contributed by atoms with Crippen molar-refractivity contribution in [3.8, 4) is 0 Å². The fraction of sp³-hybridized carbons (Fsp3) is 0.963. The third-order valence-electron chi connectivity index (χ3n) is 10.8. The van der Waals surface area contributed by atoms with Crippen LogP contribution in [0.4, 0.5) is 0 Å². The number of fused-ring (bicyclic) bond motifs is 5. The summed E-state index contributed by atoms with van der Waals surface area (Å²) in [5.41, 5.74) is -0.783. The van der Waals surface area contributed by atoms with Gasteiger partial charge in [-0.25, -0.2) is 0 Å². The second kappa shape index (κ2) is 7.64. The lowest BCUT2D eigenvalue weighted by Crippen LogP contribution is -2.65. The molecule has 0 aromatic carbocycles. The van der Waals surface area contributed by atoms with Crippen molar-refractivity contribution >= 4 is 5.78 Å². The van der Waals surface area contributed by atoms with Crippen LogP contribution in [0.3, 0.4) is 0 Å². The molecule has 0 aliphatic heterocycles. The zero-order valence-corrected chi connectivity index (χ0v) is 19.8. The van der Waals surface area contributed by atoms with E-state index in [1.165, 1.54) is 51.4 Å². The summed E-state index contributed by atoms with van der Waals surface area (Å²) in [5, 5.41) is 11.5. The molecule has 0 spiro atoms. The van der Waals surface area contributed by atoms with Gasteiger partial charge in [-0.3, -0.25) is 4.79 Å². The molecular formula is C27H46O2. The van der Waals surface area contributed by atoms with Crippen LogP contribution in [-0.2, 0) is 4.79 Å². The van der Waals surface area contributed by atoms with Gasteiger partial charge in [0.2, 0.25) is 0 Å². The molecule has 2 heteroatoms. The molecular weight excluding hydrogens is 356 g/mol. The minimum atomic E-state index is -1.03. The van der Waals surface area contributed by atoms with Gasteiger partial charge in [0.05, 0.1) is 0 Å². The van der Waals surface area contributed by atoms with Crippen molar-refractivity contribution in [2.24, 2.45) is 46.3 Å². The van der Waals surface area contributed by atoms with E-state index < -0.39 is 5.60 Å². The molecule has 4 saturated carbocycles. The van der Waals surface area contributed by atoms with E-state index in [-0.39, 0.29) is 11.2 Å². The van der Waals surface area contributed by atoms with Crippen LogP contribution in [0.2, 0.25) is 0 Å². The number of carbonyl (C=O) groups is 1. The summed E-state index contributed by atoms with van der Waals surface area (Å²) in [5.74, 6) is 4.42. The first-order valence-electron chi connectivity index (χ1n) is 12.9. The Kier molecular flexibility index (Phi) is 5.76. The van der Waals surface area contributed by atoms with Crippen molar-refractivity contribution in [1.29, 1.82) is 0 Å². The number of hydrogen-bond donors (Lipinski definition) is 1. The van der Waals surface area contributed by atoms with Crippen LogP contribution in [0.15, 0.2) is 0 Å². The quantitative estimate of drug-likeness (QED) is 0.549. The number of hydrogen-bond acceptors (Lipinski definition) is 2. The molecule has 0 radical (unpaired) electrons. The van der Waals surface area contributed by atoms with E-state index in [4.69, 9.17) is 0 Å². The van der Waals surface area contributed by atoms with Gasteiger partial charge in [0, 0.05) is 11.8 Å². The average Bonchev–Trinajstić information content (AvgIpc) is 3.01. The average molecular weight is 403 g/mol. The molecule has 4 aliphatic rings. The zero-order valence-electron chi connectivity index (χ0n) is 19.8. The fourth-order valence-electron chi connectivity index (χ4n) is 9.09. The van der Waals surface area contributed by atoms with Gasteiger partial charge in [0.25, 0.3) is 0 Å². The molecule has 0 heterocycles. The monoisotopic (exact) mass is 402 g/mol. The van der Waals surface area contributed by atoms with E-state index in [1.807, 2.05) is 0 Å². The zero-order chi connectivity index (χ0) is 21.0. The highest BCUT2D eigenvalue weighted by Crippen LogP contribution is 2.68. The van der Waals surface area contributed by atoms with Gasteiger partial charge in [-0.15, -0.1) is 0 Å². The Morgan fingerprint density at radius 2 is 1.69 bits per heavy atom. The van der Waals surface area contributed by atoms with E-state index in [1.54, 1.807) is 0 Å². The van der Waals surface area contributed by atoms with Crippen molar-refractivity contribution < 1.29 is 9.90 Å².